The van der Waals surface area contributed by atoms with Crippen LogP contribution in [0.3, 0.4) is 0 Å². The van der Waals surface area contributed by atoms with Gasteiger partial charge in [-0.25, -0.2) is 4.68 Å². The molecule has 1 aromatic heterocycles. The van der Waals surface area contributed by atoms with Crippen LogP contribution in [0.4, 0.5) is 18.9 Å². The summed E-state index contributed by atoms with van der Waals surface area (Å²) in [4.78, 5) is 17.0. The number of nitrogens with one attached hydrogen (secondary N) is 1. The minimum Gasteiger partial charge on any atom is -0.460 e. The van der Waals surface area contributed by atoms with Gasteiger partial charge in [-0.2, -0.15) is 18.2 Å². The van der Waals surface area contributed by atoms with Crippen molar-refractivity contribution in [2.75, 3.05) is 25.1 Å². The van der Waals surface area contributed by atoms with E-state index in [1.54, 1.807) is 48.5 Å². The van der Waals surface area contributed by atoms with Crippen molar-refractivity contribution in [2.24, 2.45) is 0 Å². The third-order valence-electron chi connectivity index (χ3n) is 5.42. The first kappa shape index (κ1) is 27.2. The van der Waals surface area contributed by atoms with Crippen LogP contribution >= 0.6 is 11.6 Å². The second kappa shape index (κ2) is 12.1. The molecule has 1 atom stereocenters. The minimum atomic E-state index is -4.46. The largest absolute Gasteiger partial charge is 0.460 e. The molecule has 1 heterocycles. The number of halogens is 4. The number of nitrogens with zero attached hydrogens (tertiary/aromatic N) is 3. The SMILES string of the molecule is CCOCCOc1nc(-c2ccc(C(F)(F)F)cc2)n(-c2ccc(NC(=O)[C@@H](Cl)c3ccccc3)cc2)n1. The van der Waals surface area contributed by atoms with Gasteiger partial charge in [0.15, 0.2) is 5.82 Å². The number of aromatic nitrogens is 3. The number of benzene rings is 3. The molecule has 0 fully saturated rings. The molecule has 38 heavy (non-hydrogen) atoms. The Kier molecular flexibility index (Phi) is 8.65. The number of hydrogen-bond acceptors (Lipinski definition) is 5. The lowest BCUT2D eigenvalue weighted by Gasteiger charge is -2.12. The second-order valence-electron chi connectivity index (χ2n) is 8.06. The third kappa shape index (κ3) is 6.70. The van der Waals surface area contributed by atoms with Crippen molar-refractivity contribution >= 4 is 23.2 Å². The highest BCUT2D eigenvalue weighted by molar-refractivity contribution is 6.32. The summed E-state index contributed by atoms with van der Waals surface area (Å²) >= 11 is 6.30. The van der Waals surface area contributed by atoms with Gasteiger partial charge in [-0.3, -0.25) is 4.79 Å². The average Bonchev–Trinajstić information content (AvgIpc) is 3.35. The van der Waals surface area contributed by atoms with Crippen LogP contribution in [0.25, 0.3) is 17.1 Å². The van der Waals surface area contributed by atoms with Crippen molar-refractivity contribution in [2.45, 2.75) is 18.5 Å². The molecule has 0 radical (unpaired) electrons. The van der Waals surface area contributed by atoms with Gasteiger partial charge in [-0.1, -0.05) is 42.5 Å². The number of rotatable bonds is 10. The van der Waals surface area contributed by atoms with E-state index in [0.717, 1.165) is 12.1 Å². The molecule has 7 nitrogen and oxygen atoms in total. The average molecular weight is 545 g/mol. The Morgan fingerprint density at radius 1 is 1.00 bits per heavy atom. The predicted molar refractivity (Wildman–Crippen MR) is 137 cm³/mol. The highest BCUT2D eigenvalue weighted by Gasteiger charge is 2.30. The van der Waals surface area contributed by atoms with Crippen molar-refractivity contribution in [3.05, 3.63) is 90.0 Å². The van der Waals surface area contributed by atoms with E-state index >= 15 is 0 Å². The number of anilines is 1. The van der Waals surface area contributed by atoms with E-state index < -0.39 is 17.1 Å². The third-order valence-corrected chi connectivity index (χ3v) is 5.87. The predicted octanol–water partition coefficient (Wildman–Crippen LogP) is 6.29. The summed E-state index contributed by atoms with van der Waals surface area (Å²) in [5.41, 5.74) is 1.37. The van der Waals surface area contributed by atoms with Crippen LogP contribution in [0.15, 0.2) is 78.9 Å². The van der Waals surface area contributed by atoms with Crippen molar-refractivity contribution in [1.29, 1.82) is 0 Å². The summed E-state index contributed by atoms with van der Waals surface area (Å²) in [7, 11) is 0. The van der Waals surface area contributed by atoms with E-state index in [-0.39, 0.29) is 24.3 Å². The van der Waals surface area contributed by atoms with Crippen LogP contribution in [-0.4, -0.2) is 40.5 Å². The van der Waals surface area contributed by atoms with E-state index in [0.29, 0.717) is 35.7 Å². The molecule has 0 unspecified atom stereocenters. The first-order chi connectivity index (χ1) is 18.3. The van der Waals surface area contributed by atoms with Crippen LogP contribution in [0.1, 0.15) is 23.4 Å². The Morgan fingerprint density at radius 2 is 1.68 bits per heavy atom. The Balaban J connectivity index is 1.57. The fourth-order valence-corrected chi connectivity index (χ4v) is 3.73. The minimum absolute atomic E-state index is 0.0461. The van der Waals surface area contributed by atoms with Gasteiger partial charge in [0.25, 0.3) is 0 Å². The monoisotopic (exact) mass is 544 g/mol. The van der Waals surface area contributed by atoms with Gasteiger partial charge in [0.05, 0.1) is 17.9 Å². The lowest BCUT2D eigenvalue weighted by Crippen LogP contribution is -2.17. The Bertz CT molecular complexity index is 1350. The van der Waals surface area contributed by atoms with Gasteiger partial charge in [-0.15, -0.1) is 16.7 Å². The Labute approximate surface area is 222 Å². The molecule has 3 aromatic carbocycles. The topological polar surface area (TPSA) is 78.3 Å². The lowest BCUT2D eigenvalue weighted by molar-refractivity contribution is -0.137. The first-order valence-corrected chi connectivity index (χ1v) is 12.2. The highest BCUT2D eigenvalue weighted by atomic mass is 35.5. The standard InChI is InChI=1S/C27H24ClF3N4O3/c1-2-37-16-17-38-26-33-24(19-8-10-20(11-9-19)27(29,30)31)35(34-26)22-14-12-21(13-15-22)32-25(36)23(28)18-6-4-3-5-7-18/h3-15,23H,2,16-17H2,1H3,(H,32,36)/t23-/m0/s1. The summed E-state index contributed by atoms with van der Waals surface area (Å²) in [6.45, 7) is 2.92. The maximum atomic E-state index is 13.0. The molecule has 198 valence electrons. The van der Waals surface area contributed by atoms with Gasteiger partial charge in [0, 0.05) is 17.9 Å². The van der Waals surface area contributed by atoms with Crippen LogP contribution < -0.4 is 10.1 Å². The van der Waals surface area contributed by atoms with E-state index in [2.05, 4.69) is 15.4 Å². The zero-order chi connectivity index (χ0) is 27.1. The zero-order valence-corrected chi connectivity index (χ0v) is 21.0. The number of ether oxygens (including phenoxy) is 2. The van der Waals surface area contributed by atoms with Crippen molar-refractivity contribution in [3.63, 3.8) is 0 Å². The number of amides is 1. The van der Waals surface area contributed by atoms with Crippen molar-refractivity contribution in [1.82, 2.24) is 14.8 Å². The molecule has 0 aliphatic carbocycles. The van der Waals surface area contributed by atoms with Crippen LogP contribution in [0.5, 0.6) is 6.01 Å². The van der Waals surface area contributed by atoms with Gasteiger partial charge in [0.2, 0.25) is 5.91 Å². The summed E-state index contributed by atoms with van der Waals surface area (Å²) in [5, 5.41) is 6.28. The van der Waals surface area contributed by atoms with Crippen LogP contribution in [0, 0.1) is 0 Å². The van der Waals surface area contributed by atoms with Crippen molar-refractivity contribution in [3.8, 4) is 23.1 Å². The van der Waals surface area contributed by atoms with Gasteiger partial charge >= 0.3 is 12.2 Å². The molecule has 0 saturated carbocycles. The molecule has 0 aliphatic heterocycles. The maximum absolute atomic E-state index is 13.0. The molecular weight excluding hydrogens is 521 g/mol. The molecule has 4 aromatic rings. The molecule has 0 bridgehead atoms. The maximum Gasteiger partial charge on any atom is 0.416 e. The van der Waals surface area contributed by atoms with E-state index in [9.17, 15) is 18.0 Å². The summed E-state index contributed by atoms with van der Waals surface area (Å²) < 4.78 is 51.4. The van der Waals surface area contributed by atoms with Gasteiger partial charge < -0.3 is 14.8 Å². The summed E-state index contributed by atoms with van der Waals surface area (Å²) in [6, 6.07) is 20.3. The van der Waals surface area contributed by atoms with Crippen LogP contribution in [-0.2, 0) is 15.7 Å². The molecule has 0 spiro atoms. The van der Waals surface area contributed by atoms with E-state index in [4.69, 9.17) is 21.1 Å². The van der Waals surface area contributed by atoms with Crippen LogP contribution in [0.2, 0.25) is 0 Å². The summed E-state index contributed by atoms with van der Waals surface area (Å²) in [5.74, 6) is -0.103. The van der Waals surface area contributed by atoms with Crippen molar-refractivity contribution < 1.29 is 27.4 Å². The fraction of sp³-hybridized carbons (Fsp3) is 0.222. The van der Waals surface area contributed by atoms with Gasteiger partial charge in [0.1, 0.15) is 12.0 Å². The smallest absolute Gasteiger partial charge is 0.416 e. The van der Waals surface area contributed by atoms with E-state index in [1.165, 1.54) is 16.8 Å². The molecule has 4 rings (SSSR count). The highest BCUT2D eigenvalue weighted by Crippen LogP contribution is 2.32. The van der Waals surface area contributed by atoms with Gasteiger partial charge in [-0.05, 0) is 48.9 Å². The lowest BCUT2D eigenvalue weighted by atomic mass is 10.1. The molecule has 0 saturated heterocycles. The normalized spacial score (nSPS) is 12.2. The molecule has 11 heteroatoms. The Morgan fingerprint density at radius 3 is 2.32 bits per heavy atom. The van der Waals surface area contributed by atoms with E-state index in [1.807, 2.05) is 13.0 Å². The molecule has 1 amide bonds. The number of hydrogen-bond donors (Lipinski definition) is 1. The number of carbonyl (C=O) groups excluding carboxylic acids is 1. The number of alkyl halides is 4. The fourth-order valence-electron chi connectivity index (χ4n) is 3.53. The molecule has 0 aliphatic rings. The number of carbonyl (C=O) groups is 1. The zero-order valence-electron chi connectivity index (χ0n) is 20.3. The second-order valence-corrected chi connectivity index (χ2v) is 8.50. The quantitative estimate of drug-likeness (QED) is 0.188. The first-order valence-electron chi connectivity index (χ1n) is 11.7. The molecular formula is C27H24ClF3N4O3. The summed E-state index contributed by atoms with van der Waals surface area (Å²) in [6.07, 6.45) is -4.46. The molecule has 1 N–H and O–H groups in total. The Hall–Kier alpha value is -3.89.